The Hall–Kier alpha value is -1.39. The van der Waals surface area contributed by atoms with Gasteiger partial charge in [-0.3, -0.25) is 9.69 Å². The normalized spacial score (nSPS) is 22.5. The van der Waals surface area contributed by atoms with Crippen LogP contribution in [0, 0.1) is 0 Å². The Kier molecular flexibility index (Phi) is 6.67. The molecular formula is C20H30N2O2. The molecule has 1 atom stereocenters. The van der Waals surface area contributed by atoms with Crippen molar-refractivity contribution in [1.82, 2.24) is 9.80 Å². The van der Waals surface area contributed by atoms with Crippen LogP contribution in [0.15, 0.2) is 30.3 Å². The van der Waals surface area contributed by atoms with Gasteiger partial charge in [-0.15, -0.1) is 0 Å². The van der Waals surface area contributed by atoms with Crippen LogP contribution in [0.2, 0.25) is 0 Å². The van der Waals surface area contributed by atoms with Gasteiger partial charge in [0.05, 0.1) is 13.2 Å². The molecule has 0 N–H and O–H groups in total. The first-order valence-corrected chi connectivity index (χ1v) is 9.46. The second-order valence-electron chi connectivity index (χ2n) is 6.97. The third-order valence-corrected chi connectivity index (χ3v) is 5.30. The highest BCUT2D eigenvalue weighted by Crippen LogP contribution is 2.22. The molecule has 2 heterocycles. The Morgan fingerprint density at radius 1 is 1.08 bits per heavy atom. The standard InChI is InChI=1S/C20H30N2O2/c23-20(11-13-21-14-16-24-17-15-21)22-12-5-4-8-19(22)10-9-18-6-2-1-3-7-18/h1-3,6-7,19H,4-5,8-17H2. The van der Waals surface area contributed by atoms with E-state index in [0.717, 1.165) is 65.1 Å². The number of carbonyl (C=O) groups excluding carboxylic acids is 1. The van der Waals surface area contributed by atoms with Crippen molar-refractivity contribution in [2.24, 2.45) is 0 Å². The molecule has 0 spiro atoms. The summed E-state index contributed by atoms with van der Waals surface area (Å²) in [6, 6.07) is 11.1. The molecule has 0 radical (unpaired) electrons. The Balaban J connectivity index is 1.48. The highest BCUT2D eigenvalue weighted by atomic mass is 16.5. The van der Waals surface area contributed by atoms with Gasteiger partial charge in [0.2, 0.25) is 5.91 Å². The smallest absolute Gasteiger partial charge is 0.224 e. The second kappa shape index (κ2) is 9.19. The molecular weight excluding hydrogens is 300 g/mol. The maximum Gasteiger partial charge on any atom is 0.224 e. The number of hydrogen-bond donors (Lipinski definition) is 0. The van der Waals surface area contributed by atoms with E-state index >= 15 is 0 Å². The minimum absolute atomic E-state index is 0.347. The summed E-state index contributed by atoms with van der Waals surface area (Å²) in [6.45, 7) is 5.36. The summed E-state index contributed by atoms with van der Waals surface area (Å²) in [5.41, 5.74) is 1.38. The molecule has 0 aromatic heterocycles. The summed E-state index contributed by atoms with van der Waals surface area (Å²) in [4.78, 5) is 17.3. The van der Waals surface area contributed by atoms with Gasteiger partial charge in [0.1, 0.15) is 0 Å². The zero-order valence-electron chi connectivity index (χ0n) is 14.7. The van der Waals surface area contributed by atoms with E-state index in [1.807, 2.05) is 0 Å². The molecule has 2 aliphatic rings. The minimum Gasteiger partial charge on any atom is -0.379 e. The number of hydrogen-bond acceptors (Lipinski definition) is 3. The summed E-state index contributed by atoms with van der Waals surface area (Å²) in [6.07, 6.45) is 6.39. The molecule has 0 saturated carbocycles. The molecule has 1 aromatic carbocycles. The molecule has 0 aliphatic carbocycles. The second-order valence-corrected chi connectivity index (χ2v) is 6.97. The largest absolute Gasteiger partial charge is 0.379 e. The van der Waals surface area contributed by atoms with Gasteiger partial charge in [0, 0.05) is 38.6 Å². The monoisotopic (exact) mass is 330 g/mol. The highest BCUT2D eigenvalue weighted by molar-refractivity contribution is 5.76. The summed E-state index contributed by atoms with van der Waals surface area (Å²) < 4.78 is 5.38. The van der Waals surface area contributed by atoms with E-state index in [1.54, 1.807) is 0 Å². The van der Waals surface area contributed by atoms with Gasteiger partial charge in [-0.1, -0.05) is 30.3 Å². The van der Waals surface area contributed by atoms with E-state index in [9.17, 15) is 4.79 Å². The number of benzene rings is 1. The molecule has 132 valence electrons. The van der Waals surface area contributed by atoms with Gasteiger partial charge in [-0.05, 0) is 37.7 Å². The zero-order valence-corrected chi connectivity index (χ0v) is 14.7. The number of morpholine rings is 1. The van der Waals surface area contributed by atoms with Crippen LogP contribution < -0.4 is 0 Å². The van der Waals surface area contributed by atoms with Crippen molar-refractivity contribution in [3.63, 3.8) is 0 Å². The lowest BCUT2D eigenvalue weighted by molar-refractivity contribution is -0.135. The van der Waals surface area contributed by atoms with Crippen LogP contribution in [0.3, 0.4) is 0 Å². The van der Waals surface area contributed by atoms with E-state index < -0.39 is 0 Å². The quantitative estimate of drug-likeness (QED) is 0.804. The number of rotatable bonds is 6. The van der Waals surface area contributed by atoms with Crippen molar-refractivity contribution in [3.05, 3.63) is 35.9 Å². The lowest BCUT2D eigenvalue weighted by atomic mass is 9.95. The fourth-order valence-electron chi connectivity index (χ4n) is 3.83. The molecule has 4 heteroatoms. The van der Waals surface area contributed by atoms with E-state index in [-0.39, 0.29) is 0 Å². The lowest BCUT2D eigenvalue weighted by Gasteiger charge is -2.37. The predicted molar refractivity (Wildman–Crippen MR) is 96.0 cm³/mol. The predicted octanol–water partition coefficient (Wildman–Crippen LogP) is 2.72. The summed E-state index contributed by atoms with van der Waals surface area (Å²) >= 11 is 0. The Labute approximate surface area is 145 Å². The average molecular weight is 330 g/mol. The summed E-state index contributed by atoms with van der Waals surface area (Å²) in [5.74, 6) is 0.347. The molecule has 3 rings (SSSR count). The first kappa shape index (κ1) is 17.4. The van der Waals surface area contributed by atoms with E-state index in [1.165, 1.54) is 12.0 Å². The van der Waals surface area contributed by atoms with Crippen molar-refractivity contribution in [2.75, 3.05) is 39.4 Å². The SMILES string of the molecule is O=C(CCN1CCOCC1)N1CCCCC1CCc1ccccc1. The van der Waals surface area contributed by atoms with Crippen LogP contribution in [0.5, 0.6) is 0 Å². The lowest BCUT2D eigenvalue weighted by Crippen LogP contribution is -2.45. The summed E-state index contributed by atoms with van der Waals surface area (Å²) in [7, 11) is 0. The van der Waals surface area contributed by atoms with Crippen LogP contribution >= 0.6 is 0 Å². The van der Waals surface area contributed by atoms with Gasteiger partial charge in [-0.25, -0.2) is 0 Å². The van der Waals surface area contributed by atoms with Gasteiger partial charge in [0.25, 0.3) is 0 Å². The molecule has 1 unspecified atom stereocenters. The first-order valence-electron chi connectivity index (χ1n) is 9.46. The molecule has 1 aromatic rings. The van der Waals surface area contributed by atoms with Crippen LogP contribution in [0.4, 0.5) is 0 Å². The number of carbonyl (C=O) groups is 1. The van der Waals surface area contributed by atoms with Crippen LogP contribution in [0.1, 0.15) is 37.7 Å². The fraction of sp³-hybridized carbons (Fsp3) is 0.650. The number of ether oxygens (including phenoxy) is 1. The molecule has 2 fully saturated rings. The third kappa shape index (κ3) is 5.05. The number of likely N-dealkylation sites (tertiary alicyclic amines) is 1. The molecule has 2 aliphatic heterocycles. The van der Waals surface area contributed by atoms with Gasteiger partial charge >= 0.3 is 0 Å². The number of nitrogens with zero attached hydrogens (tertiary/aromatic N) is 2. The third-order valence-electron chi connectivity index (χ3n) is 5.30. The van der Waals surface area contributed by atoms with Crippen molar-refractivity contribution in [2.45, 2.75) is 44.6 Å². The summed E-state index contributed by atoms with van der Waals surface area (Å²) in [5, 5.41) is 0. The van der Waals surface area contributed by atoms with E-state index in [0.29, 0.717) is 18.4 Å². The van der Waals surface area contributed by atoms with Crippen molar-refractivity contribution in [3.8, 4) is 0 Å². The van der Waals surface area contributed by atoms with Gasteiger partial charge in [-0.2, -0.15) is 0 Å². The Morgan fingerprint density at radius 3 is 2.67 bits per heavy atom. The average Bonchev–Trinajstić information content (AvgIpc) is 2.66. The van der Waals surface area contributed by atoms with Crippen molar-refractivity contribution >= 4 is 5.91 Å². The molecule has 4 nitrogen and oxygen atoms in total. The van der Waals surface area contributed by atoms with E-state index in [2.05, 4.69) is 40.1 Å². The Bertz CT molecular complexity index is 500. The maximum absolute atomic E-state index is 12.7. The highest BCUT2D eigenvalue weighted by Gasteiger charge is 2.26. The Morgan fingerprint density at radius 2 is 1.88 bits per heavy atom. The molecule has 1 amide bonds. The first-order chi connectivity index (χ1) is 11.8. The number of piperidine rings is 1. The fourth-order valence-corrected chi connectivity index (χ4v) is 3.83. The number of aryl methyl sites for hydroxylation is 1. The van der Waals surface area contributed by atoms with Crippen LogP contribution in [0.25, 0.3) is 0 Å². The molecule has 0 bridgehead atoms. The minimum atomic E-state index is 0.347. The van der Waals surface area contributed by atoms with Crippen LogP contribution in [-0.2, 0) is 16.0 Å². The molecule has 2 saturated heterocycles. The zero-order chi connectivity index (χ0) is 16.6. The topological polar surface area (TPSA) is 32.8 Å². The number of amides is 1. The van der Waals surface area contributed by atoms with Crippen molar-refractivity contribution < 1.29 is 9.53 Å². The molecule has 24 heavy (non-hydrogen) atoms. The maximum atomic E-state index is 12.7. The van der Waals surface area contributed by atoms with E-state index in [4.69, 9.17) is 4.74 Å². The van der Waals surface area contributed by atoms with Crippen LogP contribution in [-0.4, -0.2) is 61.1 Å². The van der Waals surface area contributed by atoms with Gasteiger partial charge < -0.3 is 9.64 Å². The van der Waals surface area contributed by atoms with Crippen molar-refractivity contribution in [1.29, 1.82) is 0 Å². The van der Waals surface area contributed by atoms with Gasteiger partial charge in [0.15, 0.2) is 0 Å².